The SMILES string of the molecule is COc1cccc(CNc2ccc3c(c2)CCO3)n1. The molecule has 1 aromatic heterocycles. The maximum absolute atomic E-state index is 5.49. The van der Waals surface area contributed by atoms with Crippen LogP contribution in [0.25, 0.3) is 0 Å². The van der Waals surface area contributed by atoms with Gasteiger partial charge in [0.05, 0.1) is 26.0 Å². The number of ether oxygens (including phenoxy) is 2. The van der Waals surface area contributed by atoms with Crippen LogP contribution in [0.1, 0.15) is 11.3 Å². The lowest BCUT2D eigenvalue weighted by Gasteiger charge is -2.08. The summed E-state index contributed by atoms with van der Waals surface area (Å²) >= 11 is 0. The first-order chi connectivity index (χ1) is 9.35. The summed E-state index contributed by atoms with van der Waals surface area (Å²) in [5, 5.41) is 3.37. The molecule has 0 aliphatic carbocycles. The number of benzene rings is 1. The molecule has 0 amide bonds. The number of pyridine rings is 1. The summed E-state index contributed by atoms with van der Waals surface area (Å²) in [6.45, 7) is 1.47. The Morgan fingerprint density at radius 2 is 2.26 bits per heavy atom. The number of rotatable bonds is 4. The van der Waals surface area contributed by atoms with E-state index in [1.165, 1.54) is 5.56 Å². The van der Waals surface area contributed by atoms with Crippen molar-refractivity contribution in [2.24, 2.45) is 0 Å². The molecule has 1 aliphatic rings. The van der Waals surface area contributed by atoms with E-state index >= 15 is 0 Å². The highest BCUT2D eigenvalue weighted by molar-refractivity contribution is 5.52. The molecule has 0 bridgehead atoms. The van der Waals surface area contributed by atoms with E-state index in [2.05, 4.69) is 16.4 Å². The smallest absolute Gasteiger partial charge is 0.213 e. The minimum absolute atomic E-state index is 0.640. The third-order valence-corrected chi connectivity index (χ3v) is 3.15. The van der Waals surface area contributed by atoms with Crippen LogP contribution in [-0.2, 0) is 13.0 Å². The number of nitrogens with zero attached hydrogens (tertiary/aromatic N) is 1. The average molecular weight is 256 g/mol. The minimum Gasteiger partial charge on any atom is -0.493 e. The van der Waals surface area contributed by atoms with Crippen LogP contribution >= 0.6 is 0 Å². The zero-order chi connectivity index (χ0) is 13.1. The highest BCUT2D eigenvalue weighted by atomic mass is 16.5. The predicted octanol–water partition coefficient (Wildman–Crippen LogP) is 2.64. The molecule has 4 nitrogen and oxygen atoms in total. The summed E-state index contributed by atoms with van der Waals surface area (Å²) in [6.07, 6.45) is 0.988. The van der Waals surface area contributed by atoms with Crippen LogP contribution in [0, 0.1) is 0 Å². The fourth-order valence-corrected chi connectivity index (χ4v) is 2.16. The molecule has 98 valence electrons. The molecule has 0 spiro atoms. The fraction of sp³-hybridized carbons (Fsp3) is 0.267. The standard InChI is InChI=1S/C15H16N2O2/c1-18-15-4-2-3-13(17-15)10-16-12-5-6-14-11(9-12)7-8-19-14/h2-6,9,16H,7-8,10H2,1H3. The molecule has 2 aromatic rings. The van der Waals surface area contributed by atoms with Crippen LogP contribution in [0.4, 0.5) is 5.69 Å². The van der Waals surface area contributed by atoms with Crippen molar-refractivity contribution in [3.8, 4) is 11.6 Å². The molecule has 1 aromatic carbocycles. The van der Waals surface area contributed by atoms with E-state index in [9.17, 15) is 0 Å². The maximum Gasteiger partial charge on any atom is 0.213 e. The molecule has 0 saturated heterocycles. The number of nitrogens with one attached hydrogen (secondary N) is 1. The van der Waals surface area contributed by atoms with Gasteiger partial charge >= 0.3 is 0 Å². The zero-order valence-corrected chi connectivity index (χ0v) is 10.8. The maximum atomic E-state index is 5.49. The van der Waals surface area contributed by atoms with Crippen LogP contribution in [0.5, 0.6) is 11.6 Å². The van der Waals surface area contributed by atoms with Gasteiger partial charge in [-0.25, -0.2) is 4.98 Å². The van der Waals surface area contributed by atoms with Gasteiger partial charge in [0.15, 0.2) is 0 Å². The van der Waals surface area contributed by atoms with E-state index in [4.69, 9.17) is 9.47 Å². The second kappa shape index (κ2) is 5.18. The van der Waals surface area contributed by atoms with Crippen LogP contribution in [0.2, 0.25) is 0 Å². The van der Waals surface area contributed by atoms with Gasteiger partial charge in [0, 0.05) is 18.2 Å². The molecule has 19 heavy (non-hydrogen) atoms. The first kappa shape index (κ1) is 11.8. The summed E-state index contributed by atoms with van der Waals surface area (Å²) < 4.78 is 10.6. The number of anilines is 1. The Kier molecular flexibility index (Phi) is 3.23. The van der Waals surface area contributed by atoms with Crippen LogP contribution < -0.4 is 14.8 Å². The summed E-state index contributed by atoms with van der Waals surface area (Å²) in [7, 11) is 1.63. The zero-order valence-electron chi connectivity index (χ0n) is 10.8. The van der Waals surface area contributed by atoms with Crippen molar-refractivity contribution in [2.45, 2.75) is 13.0 Å². The van der Waals surface area contributed by atoms with Crippen molar-refractivity contribution in [3.05, 3.63) is 47.7 Å². The highest BCUT2D eigenvalue weighted by Crippen LogP contribution is 2.27. The largest absolute Gasteiger partial charge is 0.493 e. The molecule has 4 heteroatoms. The lowest BCUT2D eigenvalue weighted by molar-refractivity contribution is 0.357. The van der Waals surface area contributed by atoms with E-state index < -0.39 is 0 Å². The number of aromatic nitrogens is 1. The third kappa shape index (κ3) is 2.62. The van der Waals surface area contributed by atoms with Crippen LogP contribution in [0.15, 0.2) is 36.4 Å². The first-order valence-corrected chi connectivity index (χ1v) is 6.35. The summed E-state index contributed by atoms with van der Waals surface area (Å²) in [5.41, 5.74) is 3.31. The highest BCUT2D eigenvalue weighted by Gasteiger charge is 2.11. The number of fused-ring (bicyclic) bond motifs is 1. The van der Waals surface area contributed by atoms with Gasteiger partial charge in [-0.3, -0.25) is 0 Å². The van der Waals surface area contributed by atoms with Crippen molar-refractivity contribution < 1.29 is 9.47 Å². The van der Waals surface area contributed by atoms with Crippen molar-refractivity contribution in [3.63, 3.8) is 0 Å². The van der Waals surface area contributed by atoms with E-state index in [-0.39, 0.29) is 0 Å². The Morgan fingerprint density at radius 1 is 1.32 bits per heavy atom. The van der Waals surface area contributed by atoms with Gasteiger partial charge in [-0.05, 0) is 29.8 Å². The molecular weight excluding hydrogens is 240 g/mol. The second-order valence-electron chi connectivity index (χ2n) is 4.45. The molecule has 1 N–H and O–H groups in total. The molecule has 3 rings (SSSR count). The molecule has 1 aliphatic heterocycles. The van der Waals surface area contributed by atoms with Crippen LogP contribution in [0.3, 0.4) is 0 Å². The first-order valence-electron chi connectivity index (χ1n) is 6.35. The molecule has 2 heterocycles. The van der Waals surface area contributed by atoms with E-state index in [1.807, 2.05) is 30.3 Å². The Balaban J connectivity index is 1.68. The molecule has 0 unspecified atom stereocenters. The van der Waals surface area contributed by atoms with Crippen molar-refractivity contribution in [1.29, 1.82) is 0 Å². The van der Waals surface area contributed by atoms with Crippen molar-refractivity contribution in [1.82, 2.24) is 4.98 Å². The number of hydrogen-bond acceptors (Lipinski definition) is 4. The third-order valence-electron chi connectivity index (χ3n) is 3.15. The topological polar surface area (TPSA) is 43.4 Å². The average Bonchev–Trinajstić information content (AvgIpc) is 2.93. The van der Waals surface area contributed by atoms with Gasteiger partial charge in [-0.1, -0.05) is 6.07 Å². The van der Waals surface area contributed by atoms with Gasteiger partial charge in [-0.15, -0.1) is 0 Å². The molecule has 0 radical (unpaired) electrons. The lowest BCUT2D eigenvalue weighted by atomic mass is 10.1. The van der Waals surface area contributed by atoms with E-state index in [0.717, 1.165) is 30.2 Å². The van der Waals surface area contributed by atoms with Gasteiger partial charge in [-0.2, -0.15) is 0 Å². The minimum atomic E-state index is 0.640. The van der Waals surface area contributed by atoms with Gasteiger partial charge < -0.3 is 14.8 Å². The second-order valence-corrected chi connectivity index (χ2v) is 4.45. The Labute approximate surface area is 112 Å². The molecule has 0 saturated carbocycles. The monoisotopic (exact) mass is 256 g/mol. The normalized spacial score (nSPS) is 12.7. The predicted molar refractivity (Wildman–Crippen MR) is 73.8 cm³/mol. The van der Waals surface area contributed by atoms with Crippen LogP contribution in [-0.4, -0.2) is 18.7 Å². The Morgan fingerprint density at radius 3 is 3.16 bits per heavy atom. The van der Waals surface area contributed by atoms with E-state index in [0.29, 0.717) is 12.4 Å². The molecular formula is C15H16N2O2. The summed E-state index contributed by atoms with van der Waals surface area (Å²) in [6, 6.07) is 12.0. The van der Waals surface area contributed by atoms with Gasteiger partial charge in [0.2, 0.25) is 5.88 Å². The number of hydrogen-bond donors (Lipinski definition) is 1. The molecule has 0 atom stereocenters. The van der Waals surface area contributed by atoms with Gasteiger partial charge in [0.1, 0.15) is 5.75 Å². The quantitative estimate of drug-likeness (QED) is 0.913. The lowest BCUT2D eigenvalue weighted by Crippen LogP contribution is -2.02. The van der Waals surface area contributed by atoms with Gasteiger partial charge in [0.25, 0.3) is 0 Å². The van der Waals surface area contributed by atoms with Crippen molar-refractivity contribution in [2.75, 3.05) is 19.0 Å². The summed E-state index contributed by atoms with van der Waals surface area (Å²) in [4.78, 5) is 4.37. The Bertz CT molecular complexity index is 584. The van der Waals surface area contributed by atoms with E-state index in [1.54, 1.807) is 7.11 Å². The molecule has 0 fully saturated rings. The number of methoxy groups -OCH3 is 1. The fourth-order valence-electron chi connectivity index (χ4n) is 2.16. The Hall–Kier alpha value is -2.23. The van der Waals surface area contributed by atoms with Crippen molar-refractivity contribution >= 4 is 5.69 Å². The summed E-state index contributed by atoms with van der Waals surface area (Å²) in [5.74, 6) is 1.65.